The van der Waals surface area contributed by atoms with Crippen molar-refractivity contribution in [2.75, 3.05) is 17.6 Å². The molecule has 1 aliphatic rings. The summed E-state index contributed by atoms with van der Waals surface area (Å²) in [7, 11) is 0. The quantitative estimate of drug-likeness (QED) is 0.684. The van der Waals surface area contributed by atoms with E-state index in [0.29, 0.717) is 24.4 Å². The van der Waals surface area contributed by atoms with Gasteiger partial charge in [-0.2, -0.15) is 20.1 Å². The van der Waals surface area contributed by atoms with Crippen molar-refractivity contribution < 1.29 is 5.11 Å². The smallest absolute Gasteiger partial charge is 0.257 e. The minimum atomic E-state index is -0.369. The van der Waals surface area contributed by atoms with Crippen molar-refractivity contribution in [2.24, 2.45) is 5.92 Å². The molecule has 0 bridgehead atoms. The van der Waals surface area contributed by atoms with E-state index in [4.69, 9.17) is 5.73 Å². The van der Waals surface area contributed by atoms with Gasteiger partial charge < -0.3 is 16.2 Å². The van der Waals surface area contributed by atoms with E-state index in [1.807, 2.05) is 0 Å². The summed E-state index contributed by atoms with van der Waals surface area (Å²) in [5.74, 6) is 1.21. The van der Waals surface area contributed by atoms with E-state index < -0.39 is 0 Å². The van der Waals surface area contributed by atoms with Crippen molar-refractivity contribution in [2.45, 2.75) is 18.9 Å². The zero-order chi connectivity index (χ0) is 13.2. The Morgan fingerprint density at radius 2 is 2.26 bits per heavy atom. The molecule has 0 spiro atoms. The summed E-state index contributed by atoms with van der Waals surface area (Å²) < 4.78 is 1.50. The summed E-state index contributed by atoms with van der Waals surface area (Å²) in [5, 5.41) is 16.8. The van der Waals surface area contributed by atoms with Crippen LogP contribution in [0, 0.1) is 5.92 Å². The maximum atomic E-state index is 9.79. The number of aliphatic hydroxyl groups excluding tert-OH is 1. The van der Waals surface area contributed by atoms with Gasteiger partial charge in [0.25, 0.3) is 5.95 Å². The Labute approximate surface area is 109 Å². The van der Waals surface area contributed by atoms with E-state index in [-0.39, 0.29) is 12.1 Å². The van der Waals surface area contributed by atoms with E-state index in [2.05, 4.69) is 25.4 Å². The molecule has 19 heavy (non-hydrogen) atoms. The summed E-state index contributed by atoms with van der Waals surface area (Å²) in [6, 6.07) is 1.77. The van der Waals surface area contributed by atoms with Gasteiger partial charge in [-0.1, -0.05) is 0 Å². The van der Waals surface area contributed by atoms with Crippen molar-refractivity contribution in [3.05, 3.63) is 18.5 Å². The Balaban J connectivity index is 1.74. The average Bonchev–Trinajstić information content (AvgIpc) is 3.10. The molecule has 3 rings (SSSR count). The topological polar surface area (TPSA) is 115 Å². The van der Waals surface area contributed by atoms with Gasteiger partial charge in [0.05, 0.1) is 6.10 Å². The molecule has 0 radical (unpaired) electrons. The lowest BCUT2D eigenvalue weighted by molar-refractivity contribution is 0.164. The summed E-state index contributed by atoms with van der Waals surface area (Å²) in [6.45, 7) is 0.409. The van der Waals surface area contributed by atoms with Crippen LogP contribution in [0.1, 0.15) is 12.8 Å². The zero-order valence-corrected chi connectivity index (χ0v) is 10.3. The molecule has 8 heteroatoms. The lowest BCUT2D eigenvalue weighted by Gasteiger charge is -2.11. The number of hydrogen-bond donors (Lipinski definition) is 3. The molecule has 0 amide bonds. The number of aliphatic hydroxyl groups is 1. The molecule has 2 aromatic heterocycles. The summed E-state index contributed by atoms with van der Waals surface area (Å²) in [6.07, 6.45) is 5.15. The number of anilines is 2. The monoisotopic (exact) mass is 261 g/mol. The largest absolute Gasteiger partial charge is 0.391 e. The van der Waals surface area contributed by atoms with Crippen LogP contribution in [0.2, 0.25) is 0 Å². The van der Waals surface area contributed by atoms with Crippen molar-refractivity contribution in [3.63, 3.8) is 0 Å². The van der Waals surface area contributed by atoms with Gasteiger partial charge in [0.2, 0.25) is 11.9 Å². The fourth-order valence-corrected chi connectivity index (χ4v) is 1.79. The molecule has 1 saturated carbocycles. The van der Waals surface area contributed by atoms with Crippen LogP contribution in [-0.4, -0.2) is 42.5 Å². The molecule has 2 aromatic rings. The van der Waals surface area contributed by atoms with E-state index in [0.717, 1.165) is 12.8 Å². The molecule has 0 aliphatic heterocycles. The summed E-state index contributed by atoms with van der Waals surface area (Å²) in [5.41, 5.74) is 5.64. The van der Waals surface area contributed by atoms with Gasteiger partial charge in [-0.15, -0.1) is 0 Å². The van der Waals surface area contributed by atoms with Crippen molar-refractivity contribution in [3.8, 4) is 5.95 Å². The van der Waals surface area contributed by atoms with Crippen LogP contribution >= 0.6 is 0 Å². The van der Waals surface area contributed by atoms with E-state index >= 15 is 0 Å². The molecule has 1 fully saturated rings. The maximum Gasteiger partial charge on any atom is 0.257 e. The Bertz CT molecular complexity index is 552. The minimum absolute atomic E-state index is 0.115. The third-order valence-electron chi connectivity index (χ3n) is 2.99. The second kappa shape index (κ2) is 4.81. The van der Waals surface area contributed by atoms with Crippen molar-refractivity contribution >= 4 is 11.9 Å². The van der Waals surface area contributed by atoms with Crippen LogP contribution in [0.15, 0.2) is 18.5 Å². The summed E-state index contributed by atoms with van der Waals surface area (Å²) >= 11 is 0. The lowest BCUT2D eigenvalue weighted by atomic mass is 10.2. The molecule has 0 saturated heterocycles. The van der Waals surface area contributed by atoms with Crippen LogP contribution in [0.25, 0.3) is 5.95 Å². The molecular formula is C11H15N7O. The Morgan fingerprint density at radius 1 is 1.42 bits per heavy atom. The molecule has 2 heterocycles. The average molecular weight is 261 g/mol. The molecule has 4 N–H and O–H groups in total. The Morgan fingerprint density at radius 3 is 2.95 bits per heavy atom. The first-order chi connectivity index (χ1) is 9.22. The molecule has 1 atom stereocenters. The standard InChI is InChI=1S/C11H15N7O/c12-9-15-10(13-6-8(19)7-2-3-7)17-11(16-9)18-5-1-4-14-18/h1,4-5,7-8,19H,2-3,6H2,(H3,12,13,15,16,17). The number of nitrogens with two attached hydrogens (primary N) is 1. The molecule has 1 aliphatic carbocycles. The highest BCUT2D eigenvalue weighted by molar-refractivity contribution is 5.34. The molecular weight excluding hydrogens is 246 g/mol. The van der Waals surface area contributed by atoms with Crippen LogP contribution in [-0.2, 0) is 0 Å². The fraction of sp³-hybridized carbons (Fsp3) is 0.455. The highest BCUT2D eigenvalue weighted by atomic mass is 16.3. The SMILES string of the molecule is Nc1nc(NCC(O)C2CC2)nc(-n2cccn2)n1. The van der Waals surface area contributed by atoms with Crippen molar-refractivity contribution in [1.29, 1.82) is 0 Å². The first kappa shape index (κ1) is 11.8. The van der Waals surface area contributed by atoms with Gasteiger partial charge >= 0.3 is 0 Å². The highest BCUT2D eigenvalue weighted by Gasteiger charge is 2.29. The highest BCUT2D eigenvalue weighted by Crippen LogP contribution is 2.32. The fourth-order valence-electron chi connectivity index (χ4n) is 1.79. The third kappa shape index (κ3) is 2.79. The van der Waals surface area contributed by atoms with E-state index in [9.17, 15) is 5.11 Å². The normalized spacial score (nSPS) is 16.3. The number of rotatable bonds is 5. The number of hydrogen-bond acceptors (Lipinski definition) is 7. The second-order valence-electron chi connectivity index (χ2n) is 4.55. The second-order valence-corrected chi connectivity index (χ2v) is 4.55. The van der Waals surface area contributed by atoms with Gasteiger partial charge in [-0.05, 0) is 24.8 Å². The van der Waals surface area contributed by atoms with Crippen LogP contribution in [0.3, 0.4) is 0 Å². The van der Waals surface area contributed by atoms with Crippen molar-refractivity contribution in [1.82, 2.24) is 24.7 Å². The van der Waals surface area contributed by atoms with Gasteiger partial charge in [0, 0.05) is 18.9 Å². The predicted octanol–water partition coefficient (Wildman–Crippen LogP) is -0.178. The van der Waals surface area contributed by atoms with Gasteiger partial charge in [-0.25, -0.2) is 4.68 Å². The van der Waals surface area contributed by atoms with Crippen LogP contribution < -0.4 is 11.1 Å². The number of nitrogen functional groups attached to an aromatic ring is 1. The third-order valence-corrected chi connectivity index (χ3v) is 2.99. The van der Waals surface area contributed by atoms with Gasteiger partial charge in [0.15, 0.2) is 0 Å². The Kier molecular flexibility index (Phi) is 3.00. The van der Waals surface area contributed by atoms with Gasteiger partial charge in [0.1, 0.15) is 0 Å². The number of aromatic nitrogens is 5. The molecule has 100 valence electrons. The molecule has 8 nitrogen and oxygen atoms in total. The first-order valence-corrected chi connectivity index (χ1v) is 6.16. The molecule has 0 aromatic carbocycles. The van der Waals surface area contributed by atoms with E-state index in [1.54, 1.807) is 18.5 Å². The van der Waals surface area contributed by atoms with Gasteiger partial charge in [-0.3, -0.25) is 0 Å². The zero-order valence-electron chi connectivity index (χ0n) is 10.3. The summed E-state index contributed by atoms with van der Waals surface area (Å²) in [4.78, 5) is 12.2. The number of nitrogens with one attached hydrogen (secondary N) is 1. The van der Waals surface area contributed by atoms with Crippen LogP contribution in [0.5, 0.6) is 0 Å². The van der Waals surface area contributed by atoms with E-state index in [1.165, 1.54) is 4.68 Å². The lowest BCUT2D eigenvalue weighted by Crippen LogP contribution is -2.23. The van der Waals surface area contributed by atoms with Crippen LogP contribution in [0.4, 0.5) is 11.9 Å². The number of nitrogens with zero attached hydrogens (tertiary/aromatic N) is 5. The predicted molar refractivity (Wildman–Crippen MR) is 68.6 cm³/mol. The first-order valence-electron chi connectivity index (χ1n) is 6.16. The minimum Gasteiger partial charge on any atom is -0.391 e. The molecule has 1 unspecified atom stereocenters. The Hall–Kier alpha value is -2.22. The maximum absolute atomic E-state index is 9.79.